The summed E-state index contributed by atoms with van der Waals surface area (Å²) in [7, 11) is 0. The van der Waals surface area contributed by atoms with Gasteiger partial charge in [-0.15, -0.1) is 0 Å². The molecular weight excluding hydrogens is 226 g/mol. The van der Waals surface area contributed by atoms with Crippen LogP contribution in [-0.2, 0) is 9.53 Å². The molecule has 0 aromatic heterocycles. The lowest BCUT2D eigenvalue weighted by Gasteiger charge is -2.22. The van der Waals surface area contributed by atoms with Gasteiger partial charge >= 0.3 is 5.97 Å². The molecule has 18 heavy (non-hydrogen) atoms. The maximum atomic E-state index is 12.0. The lowest BCUT2D eigenvalue weighted by Crippen LogP contribution is -2.36. The van der Waals surface area contributed by atoms with Crippen LogP contribution in [0.5, 0.6) is 0 Å². The number of esters is 1. The Bertz CT molecular complexity index is 351. The number of ether oxygens (including phenoxy) is 1. The lowest BCUT2D eigenvalue weighted by atomic mass is 10.0. The molecular formula is C15H23NO2. The quantitative estimate of drug-likeness (QED) is 0.755. The largest absolute Gasteiger partial charge is 0.465 e. The van der Waals surface area contributed by atoms with E-state index in [0.29, 0.717) is 12.6 Å². The van der Waals surface area contributed by atoms with Crippen molar-refractivity contribution in [1.29, 1.82) is 0 Å². The molecule has 0 spiro atoms. The summed E-state index contributed by atoms with van der Waals surface area (Å²) in [6.45, 7) is 6.47. The second-order valence-electron chi connectivity index (χ2n) is 4.45. The molecule has 0 aliphatic rings. The zero-order chi connectivity index (χ0) is 13.4. The van der Waals surface area contributed by atoms with E-state index >= 15 is 0 Å². The molecule has 3 nitrogen and oxygen atoms in total. The molecule has 1 N–H and O–H groups in total. The van der Waals surface area contributed by atoms with E-state index < -0.39 is 0 Å². The van der Waals surface area contributed by atoms with Gasteiger partial charge < -0.3 is 4.74 Å². The van der Waals surface area contributed by atoms with Crippen LogP contribution in [0.1, 0.15) is 45.2 Å². The van der Waals surface area contributed by atoms with Crippen molar-refractivity contribution in [3.63, 3.8) is 0 Å². The molecule has 0 bridgehead atoms. The molecule has 0 amide bonds. The summed E-state index contributed by atoms with van der Waals surface area (Å²) in [5.41, 5.74) is 0.957. The van der Waals surface area contributed by atoms with Gasteiger partial charge in [0.05, 0.1) is 6.61 Å². The highest BCUT2D eigenvalue weighted by atomic mass is 16.5. The van der Waals surface area contributed by atoms with Crippen molar-refractivity contribution in [3.8, 4) is 0 Å². The number of rotatable bonds is 7. The smallest absolute Gasteiger partial charge is 0.327 e. The first kappa shape index (κ1) is 14.7. The van der Waals surface area contributed by atoms with Crippen LogP contribution in [0.4, 0.5) is 0 Å². The minimum Gasteiger partial charge on any atom is -0.465 e. The van der Waals surface area contributed by atoms with Crippen LogP contribution in [0.25, 0.3) is 0 Å². The van der Waals surface area contributed by atoms with Crippen molar-refractivity contribution in [2.24, 2.45) is 0 Å². The van der Waals surface area contributed by atoms with Gasteiger partial charge in [-0.2, -0.15) is 0 Å². The minimum absolute atomic E-state index is 0.202. The van der Waals surface area contributed by atoms with Gasteiger partial charge in [-0.25, -0.2) is 4.79 Å². The fraction of sp³-hybridized carbons (Fsp3) is 0.533. The Kier molecular flexibility index (Phi) is 6.44. The van der Waals surface area contributed by atoms with Crippen LogP contribution in [0.3, 0.4) is 0 Å². The van der Waals surface area contributed by atoms with Crippen LogP contribution < -0.4 is 5.32 Å². The third-order valence-electron chi connectivity index (χ3n) is 2.83. The second kappa shape index (κ2) is 7.88. The minimum atomic E-state index is -0.368. The predicted octanol–water partition coefficient (Wildman–Crippen LogP) is 3.07. The molecule has 0 heterocycles. The van der Waals surface area contributed by atoms with Crippen molar-refractivity contribution >= 4 is 5.97 Å². The van der Waals surface area contributed by atoms with E-state index in [4.69, 9.17) is 4.74 Å². The Morgan fingerprint density at radius 2 is 1.94 bits per heavy atom. The summed E-state index contributed by atoms with van der Waals surface area (Å²) in [5.74, 6) is -0.202. The fourth-order valence-corrected chi connectivity index (χ4v) is 1.97. The number of hydrogen-bond donors (Lipinski definition) is 1. The maximum absolute atomic E-state index is 12.0. The predicted molar refractivity (Wildman–Crippen MR) is 73.3 cm³/mol. The molecule has 0 saturated heterocycles. The summed E-state index contributed by atoms with van der Waals surface area (Å²) >= 11 is 0. The van der Waals surface area contributed by atoms with Crippen LogP contribution >= 0.6 is 0 Å². The number of carbonyl (C=O) groups is 1. The number of nitrogens with one attached hydrogen (secondary N) is 1. The van der Waals surface area contributed by atoms with Gasteiger partial charge in [-0.1, -0.05) is 43.7 Å². The molecule has 100 valence electrons. The first-order chi connectivity index (χ1) is 8.69. The van der Waals surface area contributed by atoms with E-state index in [-0.39, 0.29) is 12.0 Å². The van der Waals surface area contributed by atoms with Crippen molar-refractivity contribution in [2.45, 2.75) is 45.7 Å². The third-order valence-corrected chi connectivity index (χ3v) is 2.83. The Morgan fingerprint density at radius 3 is 2.50 bits per heavy atom. The molecule has 0 fully saturated rings. The van der Waals surface area contributed by atoms with Crippen LogP contribution in [-0.4, -0.2) is 18.6 Å². The second-order valence-corrected chi connectivity index (χ2v) is 4.45. The molecule has 0 aliphatic carbocycles. The van der Waals surface area contributed by atoms with Gasteiger partial charge in [0.1, 0.15) is 6.04 Å². The number of benzene rings is 1. The summed E-state index contributed by atoms with van der Waals surface area (Å²) in [5, 5.41) is 3.34. The first-order valence-corrected chi connectivity index (χ1v) is 6.66. The zero-order valence-corrected chi connectivity index (χ0v) is 11.5. The summed E-state index contributed by atoms with van der Waals surface area (Å²) in [6.07, 6.45) is 2.14. The summed E-state index contributed by atoms with van der Waals surface area (Å²) in [4.78, 5) is 12.0. The van der Waals surface area contributed by atoms with Crippen molar-refractivity contribution in [2.75, 3.05) is 6.61 Å². The third kappa shape index (κ3) is 4.49. The van der Waals surface area contributed by atoms with Gasteiger partial charge in [0.15, 0.2) is 0 Å². The zero-order valence-electron chi connectivity index (χ0n) is 11.5. The monoisotopic (exact) mass is 249 g/mol. The van der Waals surface area contributed by atoms with Gasteiger partial charge in [-0.3, -0.25) is 5.32 Å². The van der Waals surface area contributed by atoms with E-state index in [2.05, 4.69) is 19.2 Å². The molecule has 3 heteroatoms. The number of hydrogen-bond acceptors (Lipinski definition) is 3. The Balaban J connectivity index is 2.78. The standard InChI is InChI=1S/C15H23NO2/c1-4-9-12(3)16-14(15(17)18-5-2)13-10-7-6-8-11-13/h6-8,10-12,14,16H,4-5,9H2,1-3H3. The Morgan fingerprint density at radius 1 is 1.28 bits per heavy atom. The van der Waals surface area contributed by atoms with Gasteiger partial charge in [0.2, 0.25) is 0 Å². The fourth-order valence-electron chi connectivity index (χ4n) is 1.97. The molecule has 1 rings (SSSR count). The van der Waals surface area contributed by atoms with E-state index in [0.717, 1.165) is 18.4 Å². The molecule has 0 aliphatic heterocycles. The van der Waals surface area contributed by atoms with Gasteiger partial charge in [0, 0.05) is 6.04 Å². The molecule has 1 aromatic carbocycles. The average Bonchev–Trinajstić information content (AvgIpc) is 2.37. The van der Waals surface area contributed by atoms with E-state index in [1.165, 1.54) is 0 Å². The first-order valence-electron chi connectivity index (χ1n) is 6.66. The van der Waals surface area contributed by atoms with E-state index in [9.17, 15) is 4.79 Å². The number of carbonyl (C=O) groups excluding carboxylic acids is 1. The highest BCUT2D eigenvalue weighted by Crippen LogP contribution is 2.16. The topological polar surface area (TPSA) is 38.3 Å². The van der Waals surface area contributed by atoms with Gasteiger partial charge in [-0.05, 0) is 25.8 Å². The highest BCUT2D eigenvalue weighted by molar-refractivity contribution is 5.77. The Labute approximate surface area is 110 Å². The molecule has 0 radical (unpaired) electrons. The maximum Gasteiger partial charge on any atom is 0.327 e. The summed E-state index contributed by atoms with van der Waals surface area (Å²) in [6, 6.07) is 9.65. The van der Waals surface area contributed by atoms with Gasteiger partial charge in [0.25, 0.3) is 0 Å². The van der Waals surface area contributed by atoms with Crippen molar-refractivity contribution < 1.29 is 9.53 Å². The highest BCUT2D eigenvalue weighted by Gasteiger charge is 2.22. The van der Waals surface area contributed by atoms with Crippen molar-refractivity contribution in [1.82, 2.24) is 5.32 Å². The van der Waals surface area contributed by atoms with Crippen LogP contribution in [0.15, 0.2) is 30.3 Å². The molecule has 2 unspecified atom stereocenters. The summed E-state index contributed by atoms with van der Waals surface area (Å²) < 4.78 is 5.14. The normalized spacial score (nSPS) is 13.9. The lowest BCUT2D eigenvalue weighted by molar-refractivity contribution is -0.146. The SMILES string of the molecule is CCCC(C)NC(C(=O)OCC)c1ccccc1. The average molecular weight is 249 g/mol. The van der Waals surface area contributed by atoms with Crippen LogP contribution in [0.2, 0.25) is 0 Å². The molecule has 0 saturated carbocycles. The Hall–Kier alpha value is -1.35. The molecule has 1 aromatic rings. The van der Waals surface area contributed by atoms with E-state index in [1.54, 1.807) is 0 Å². The van der Waals surface area contributed by atoms with Crippen molar-refractivity contribution in [3.05, 3.63) is 35.9 Å². The van der Waals surface area contributed by atoms with Crippen LogP contribution in [0, 0.1) is 0 Å². The van der Waals surface area contributed by atoms with E-state index in [1.807, 2.05) is 37.3 Å². The molecule has 2 atom stereocenters.